The van der Waals surface area contributed by atoms with Gasteiger partial charge in [-0.3, -0.25) is 0 Å². The molecule has 170 valence electrons. The standard InChI is InChI=1S/C8HF17O2S/c9-1(10,3(13,14)5(17,18)7(21,22)23)2(11,12)4(15,16)6(19,20)8(24,25)28(26)27/h(H,26,27). The molecule has 0 aromatic carbocycles. The van der Waals surface area contributed by atoms with E-state index in [0.29, 0.717) is 0 Å². The summed E-state index contributed by atoms with van der Waals surface area (Å²) >= 11 is -5.56. The van der Waals surface area contributed by atoms with Crippen LogP contribution in [0, 0.1) is 0 Å². The summed E-state index contributed by atoms with van der Waals surface area (Å²) in [5.41, 5.74) is 0. The van der Waals surface area contributed by atoms with Gasteiger partial charge < -0.3 is 4.55 Å². The first-order chi connectivity index (χ1) is 11.7. The molecule has 0 aliphatic heterocycles. The summed E-state index contributed by atoms with van der Waals surface area (Å²) in [5.74, 6) is -51.0. The van der Waals surface area contributed by atoms with Gasteiger partial charge in [0.15, 0.2) is 0 Å². The fourth-order valence-electron chi connectivity index (χ4n) is 1.26. The highest BCUT2D eigenvalue weighted by Crippen LogP contribution is 2.64. The Bertz CT molecular complexity index is 619. The fourth-order valence-corrected chi connectivity index (χ4v) is 1.61. The van der Waals surface area contributed by atoms with E-state index in [1.165, 1.54) is 0 Å². The summed E-state index contributed by atoms with van der Waals surface area (Å²) in [6, 6.07) is 0. The molecule has 20 heteroatoms. The van der Waals surface area contributed by atoms with Crippen LogP contribution in [0.15, 0.2) is 0 Å². The second kappa shape index (κ2) is 6.46. The van der Waals surface area contributed by atoms with Crippen LogP contribution >= 0.6 is 0 Å². The normalized spacial score (nSPS) is 17.6. The summed E-state index contributed by atoms with van der Waals surface area (Å²) in [7, 11) is 0. The van der Waals surface area contributed by atoms with Gasteiger partial charge in [-0.05, 0) is 0 Å². The number of rotatable bonds is 7. The van der Waals surface area contributed by atoms with Crippen molar-refractivity contribution in [3.05, 3.63) is 0 Å². The van der Waals surface area contributed by atoms with Crippen molar-refractivity contribution in [1.82, 2.24) is 0 Å². The Morgan fingerprint density at radius 2 is 0.643 bits per heavy atom. The summed E-state index contributed by atoms with van der Waals surface area (Å²) < 4.78 is 232. The van der Waals surface area contributed by atoms with Crippen molar-refractivity contribution in [2.75, 3.05) is 0 Å². The second-order valence-corrected chi connectivity index (χ2v) is 5.72. The lowest BCUT2D eigenvalue weighted by atomic mass is 9.91. The summed E-state index contributed by atoms with van der Waals surface area (Å²) in [4.78, 5) is 0. The van der Waals surface area contributed by atoms with Gasteiger partial charge in [-0.25, -0.2) is 4.21 Å². The van der Waals surface area contributed by atoms with Crippen LogP contribution in [0.4, 0.5) is 74.6 Å². The molecular formula is C8HF17O2S. The maximum atomic E-state index is 13.0. The molecule has 0 rings (SSSR count). The Morgan fingerprint density at radius 1 is 0.429 bits per heavy atom. The van der Waals surface area contributed by atoms with E-state index in [4.69, 9.17) is 4.55 Å². The Hall–Kier alpha value is -1.08. The van der Waals surface area contributed by atoms with Crippen LogP contribution in [0.1, 0.15) is 0 Å². The maximum absolute atomic E-state index is 13.0. The minimum absolute atomic E-state index is 5.56. The third kappa shape index (κ3) is 3.09. The summed E-state index contributed by atoms with van der Waals surface area (Å²) in [5, 5.41) is -7.28. The first kappa shape index (κ1) is 26.9. The molecule has 2 nitrogen and oxygen atoms in total. The molecule has 1 N–H and O–H groups in total. The Labute approximate surface area is 142 Å². The van der Waals surface area contributed by atoms with Gasteiger partial charge in [0.2, 0.25) is 11.1 Å². The highest BCUT2D eigenvalue weighted by Gasteiger charge is 2.95. The van der Waals surface area contributed by atoms with Gasteiger partial charge in [0.05, 0.1) is 0 Å². The molecule has 0 aliphatic carbocycles. The summed E-state index contributed by atoms with van der Waals surface area (Å²) in [6.45, 7) is 0. The van der Waals surface area contributed by atoms with E-state index in [9.17, 15) is 78.8 Å². The molecule has 0 heterocycles. The molecule has 0 aliphatic rings. The van der Waals surface area contributed by atoms with Crippen molar-refractivity contribution in [3.8, 4) is 0 Å². The molecule has 0 spiro atoms. The molecule has 0 bridgehead atoms. The van der Waals surface area contributed by atoms with Gasteiger partial charge in [-0.2, -0.15) is 74.6 Å². The van der Waals surface area contributed by atoms with Gasteiger partial charge in [0.1, 0.15) is 0 Å². The van der Waals surface area contributed by atoms with Crippen LogP contribution in [0.2, 0.25) is 0 Å². The topological polar surface area (TPSA) is 37.3 Å². The zero-order valence-electron chi connectivity index (χ0n) is 11.7. The highest BCUT2D eigenvalue weighted by molar-refractivity contribution is 7.80. The van der Waals surface area contributed by atoms with E-state index in [0.717, 1.165) is 0 Å². The van der Waals surface area contributed by atoms with E-state index in [1.807, 2.05) is 0 Å². The lowest BCUT2D eigenvalue weighted by Crippen LogP contribution is -2.74. The smallest absolute Gasteiger partial charge is 0.301 e. The van der Waals surface area contributed by atoms with Crippen molar-refractivity contribution >= 4 is 11.1 Å². The van der Waals surface area contributed by atoms with Crippen LogP contribution in [-0.4, -0.2) is 55.7 Å². The molecular weight excluding hydrogens is 483 g/mol. The van der Waals surface area contributed by atoms with E-state index < -0.39 is 58.0 Å². The van der Waals surface area contributed by atoms with Crippen molar-refractivity contribution in [1.29, 1.82) is 0 Å². The third-order valence-corrected chi connectivity index (χ3v) is 3.61. The molecule has 0 aromatic rings. The van der Waals surface area contributed by atoms with Gasteiger partial charge >= 0.3 is 47.0 Å². The van der Waals surface area contributed by atoms with Crippen molar-refractivity contribution in [2.24, 2.45) is 0 Å². The quantitative estimate of drug-likeness (QED) is 0.400. The van der Waals surface area contributed by atoms with Gasteiger partial charge in [-0.1, -0.05) is 0 Å². The predicted octanol–water partition coefficient (Wildman–Crippen LogP) is 5.18. The van der Waals surface area contributed by atoms with Crippen LogP contribution in [0.3, 0.4) is 0 Å². The van der Waals surface area contributed by atoms with Crippen LogP contribution in [0.25, 0.3) is 0 Å². The second-order valence-electron chi connectivity index (χ2n) is 4.71. The first-order valence-electron chi connectivity index (χ1n) is 5.52. The number of halogens is 17. The summed E-state index contributed by atoms with van der Waals surface area (Å²) in [6.07, 6.45) is -7.83. The minimum atomic E-state index is -8.75. The Morgan fingerprint density at radius 3 is 0.857 bits per heavy atom. The monoisotopic (exact) mass is 484 g/mol. The SMILES string of the molecule is O=S(O)C(F)(F)C(F)(F)C(F)(F)C(F)(F)C(F)(F)C(F)(F)C(F)(F)C(F)(F)F. The third-order valence-electron chi connectivity index (χ3n) is 2.91. The molecule has 28 heavy (non-hydrogen) atoms. The average molecular weight is 484 g/mol. The van der Waals surface area contributed by atoms with Crippen LogP contribution < -0.4 is 0 Å². The van der Waals surface area contributed by atoms with Gasteiger partial charge in [0.25, 0.3) is 0 Å². The molecule has 0 aromatic heterocycles. The predicted molar refractivity (Wildman–Crippen MR) is 51.5 cm³/mol. The van der Waals surface area contributed by atoms with E-state index >= 15 is 0 Å². The molecule has 0 radical (unpaired) electrons. The van der Waals surface area contributed by atoms with Crippen LogP contribution in [-0.2, 0) is 11.1 Å². The zero-order valence-corrected chi connectivity index (χ0v) is 12.5. The lowest BCUT2D eigenvalue weighted by Gasteiger charge is -2.42. The van der Waals surface area contributed by atoms with Crippen molar-refractivity contribution < 1.29 is 83.4 Å². The fraction of sp³-hybridized carbons (Fsp3) is 1.00. The number of hydrogen-bond acceptors (Lipinski definition) is 1. The molecule has 1 unspecified atom stereocenters. The number of alkyl halides is 17. The van der Waals surface area contributed by atoms with Gasteiger partial charge in [-0.15, -0.1) is 0 Å². The lowest BCUT2D eigenvalue weighted by molar-refractivity contribution is -0.458. The molecule has 0 amide bonds. The maximum Gasteiger partial charge on any atom is 0.460 e. The zero-order chi connectivity index (χ0) is 23.6. The molecule has 0 saturated heterocycles. The molecule has 1 atom stereocenters. The van der Waals surface area contributed by atoms with Crippen molar-refractivity contribution in [2.45, 2.75) is 47.0 Å². The molecule has 0 saturated carbocycles. The van der Waals surface area contributed by atoms with Gasteiger partial charge in [0, 0.05) is 0 Å². The van der Waals surface area contributed by atoms with E-state index in [-0.39, 0.29) is 0 Å². The average Bonchev–Trinajstić information content (AvgIpc) is 2.44. The Balaban J connectivity index is 6.76. The number of hydrogen-bond donors (Lipinski definition) is 1. The highest BCUT2D eigenvalue weighted by atomic mass is 32.2. The molecule has 0 fully saturated rings. The largest absolute Gasteiger partial charge is 0.460 e. The van der Waals surface area contributed by atoms with Crippen LogP contribution in [0.5, 0.6) is 0 Å². The van der Waals surface area contributed by atoms with Crippen molar-refractivity contribution in [3.63, 3.8) is 0 Å². The van der Waals surface area contributed by atoms with E-state index in [1.54, 1.807) is 0 Å². The first-order valence-corrected chi connectivity index (χ1v) is 6.62. The Kier molecular flexibility index (Phi) is 6.21. The van der Waals surface area contributed by atoms with E-state index in [2.05, 4.69) is 0 Å². The minimum Gasteiger partial charge on any atom is -0.301 e.